The number of benzene rings is 1. The molecule has 34 heavy (non-hydrogen) atoms. The van der Waals surface area contributed by atoms with Gasteiger partial charge in [0.05, 0.1) is 24.4 Å². The molecule has 1 heterocycles. The van der Waals surface area contributed by atoms with Crippen molar-refractivity contribution in [3.05, 3.63) is 33.4 Å². The average Bonchev–Trinajstić information content (AvgIpc) is 2.84. The third kappa shape index (κ3) is 5.95. The molecule has 2 N–H and O–H groups in total. The third-order valence-electron chi connectivity index (χ3n) is 7.07. The van der Waals surface area contributed by atoms with Gasteiger partial charge in [0.15, 0.2) is 0 Å². The molecule has 0 atom stereocenters. The van der Waals surface area contributed by atoms with E-state index in [1.165, 1.54) is 36.9 Å². The molecule has 4 rings (SSSR count). The smallest absolute Gasteiger partial charge is 0.225 e. The van der Waals surface area contributed by atoms with Crippen LogP contribution in [0.4, 0.5) is 11.8 Å². The van der Waals surface area contributed by atoms with Crippen LogP contribution < -0.4 is 25.0 Å². The van der Waals surface area contributed by atoms with E-state index in [2.05, 4.69) is 51.6 Å². The van der Waals surface area contributed by atoms with E-state index in [4.69, 9.17) is 19.4 Å². The van der Waals surface area contributed by atoms with Gasteiger partial charge in [-0.05, 0) is 85.8 Å². The number of aryl methyl sites for hydroxylation is 1. The number of aromatic nitrogens is 2. The summed E-state index contributed by atoms with van der Waals surface area (Å²) in [5, 5.41) is 7.30. The summed E-state index contributed by atoms with van der Waals surface area (Å²) in [4.78, 5) is 11.9. The minimum atomic E-state index is 0.450. The Morgan fingerprint density at radius 2 is 1.74 bits per heavy atom. The van der Waals surface area contributed by atoms with Crippen LogP contribution in [0.2, 0.25) is 0 Å². The lowest BCUT2D eigenvalue weighted by atomic mass is 9.86. The van der Waals surface area contributed by atoms with Gasteiger partial charge in [-0.2, -0.15) is 4.98 Å². The Bertz CT molecular complexity index is 976. The molecule has 8 heteroatoms. The number of rotatable bonds is 9. The molecule has 0 aliphatic heterocycles. The highest BCUT2D eigenvalue weighted by Crippen LogP contribution is 2.33. The maximum atomic E-state index is 5.55. The van der Waals surface area contributed by atoms with Crippen molar-refractivity contribution in [3.63, 3.8) is 0 Å². The van der Waals surface area contributed by atoms with Crippen molar-refractivity contribution in [1.82, 2.24) is 15.3 Å². The molecule has 1 saturated carbocycles. The zero-order valence-electron chi connectivity index (χ0n) is 20.9. The summed E-state index contributed by atoms with van der Waals surface area (Å²) in [7, 11) is 7.54. The Kier molecular flexibility index (Phi) is 8.53. The molecule has 1 fully saturated rings. The van der Waals surface area contributed by atoms with Crippen molar-refractivity contribution in [2.24, 2.45) is 5.92 Å². The number of hydrogen-bond acceptors (Lipinski definition) is 7. The van der Waals surface area contributed by atoms with Crippen LogP contribution in [0.5, 0.6) is 11.5 Å². The molecule has 0 amide bonds. The minimum absolute atomic E-state index is 0.450. The molecule has 2 aliphatic carbocycles. The van der Waals surface area contributed by atoms with Crippen molar-refractivity contribution in [2.45, 2.75) is 64.0 Å². The van der Waals surface area contributed by atoms with E-state index in [1.54, 1.807) is 14.2 Å². The van der Waals surface area contributed by atoms with Crippen LogP contribution in [-0.2, 0) is 19.4 Å². The molecule has 2 aromatic rings. The quantitative estimate of drug-likeness (QED) is 0.473. The van der Waals surface area contributed by atoms with E-state index in [1.807, 2.05) is 6.07 Å². The van der Waals surface area contributed by atoms with E-state index in [-0.39, 0.29) is 0 Å². The first-order valence-corrected chi connectivity index (χ1v) is 13.2. The van der Waals surface area contributed by atoms with Gasteiger partial charge in [0, 0.05) is 43.9 Å². The molecular formula is C26H38BrN5O2. The highest BCUT2D eigenvalue weighted by atomic mass is 79.9. The topological polar surface area (TPSA) is 71.5 Å². The number of fused-ring (bicyclic) bond motifs is 1. The van der Waals surface area contributed by atoms with Gasteiger partial charge in [-0.25, -0.2) is 4.98 Å². The minimum Gasteiger partial charge on any atom is -0.496 e. The number of nitrogens with one attached hydrogen (secondary N) is 2. The number of nitrogens with zero attached hydrogens (tertiary/aromatic N) is 3. The van der Waals surface area contributed by atoms with E-state index in [9.17, 15) is 0 Å². The summed E-state index contributed by atoms with van der Waals surface area (Å²) >= 11 is 3.58. The van der Waals surface area contributed by atoms with Crippen molar-refractivity contribution in [2.75, 3.05) is 45.1 Å². The Balaban J connectivity index is 1.28. The van der Waals surface area contributed by atoms with Gasteiger partial charge < -0.3 is 25.0 Å². The SMILES string of the molecule is COc1cc(OC)c(CNC[C@H]2CC[C@@H](Nc3nc4c(c(N(C)C)n3)CCCC4)CC2)cc1Br. The molecule has 186 valence electrons. The summed E-state index contributed by atoms with van der Waals surface area (Å²) in [6.07, 6.45) is 9.36. The zero-order chi connectivity index (χ0) is 24.1. The van der Waals surface area contributed by atoms with Gasteiger partial charge in [0.25, 0.3) is 0 Å². The Morgan fingerprint density at radius 1 is 1.00 bits per heavy atom. The fourth-order valence-corrected chi connectivity index (χ4v) is 5.73. The summed E-state index contributed by atoms with van der Waals surface area (Å²) in [6, 6.07) is 4.46. The van der Waals surface area contributed by atoms with Crippen LogP contribution in [0.1, 0.15) is 55.3 Å². The normalized spacial score (nSPS) is 19.9. The van der Waals surface area contributed by atoms with Gasteiger partial charge in [0.1, 0.15) is 17.3 Å². The van der Waals surface area contributed by atoms with Gasteiger partial charge in [-0.15, -0.1) is 0 Å². The van der Waals surface area contributed by atoms with Crippen LogP contribution in [0.3, 0.4) is 0 Å². The highest BCUT2D eigenvalue weighted by Gasteiger charge is 2.24. The molecular weight excluding hydrogens is 494 g/mol. The fraction of sp³-hybridized carbons (Fsp3) is 0.615. The van der Waals surface area contributed by atoms with Gasteiger partial charge in [-0.3, -0.25) is 0 Å². The molecule has 0 spiro atoms. The first-order valence-electron chi connectivity index (χ1n) is 12.4. The predicted octanol–water partition coefficient (Wildman–Crippen LogP) is 4.96. The lowest BCUT2D eigenvalue weighted by Gasteiger charge is -2.30. The van der Waals surface area contributed by atoms with Crippen LogP contribution in [-0.4, -0.2) is 50.9 Å². The number of ether oxygens (including phenoxy) is 2. The van der Waals surface area contributed by atoms with E-state index in [0.717, 1.165) is 72.1 Å². The second kappa shape index (κ2) is 11.6. The molecule has 0 unspecified atom stereocenters. The van der Waals surface area contributed by atoms with Gasteiger partial charge >= 0.3 is 0 Å². The fourth-order valence-electron chi connectivity index (χ4n) is 5.17. The first-order chi connectivity index (χ1) is 16.5. The second-order valence-corrected chi connectivity index (χ2v) is 10.5. The second-order valence-electron chi connectivity index (χ2n) is 9.69. The number of methoxy groups -OCH3 is 2. The largest absolute Gasteiger partial charge is 0.496 e. The Morgan fingerprint density at radius 3 is 2.44 bits per heavy atom. The molecule has 2 aliphatic rings. The maximum absolute atomic E-state index is 5.55. The number of halogens is 1. The number of anilines is 2. The molecule has 7 nitrogen and oxygen atoms in total. The monoisotopic (exact) mass is 531 g/mol. The van der Waals surface area contributed by atoms with E-state index >= 15 is 0 Å². The van der Waals surface area contributed by atoms with E-state index in [0.29, 0.717) is 12.0 Å². The molecule has 0 saturated heterocycles. The van der Waals surface area contributed by atoms with Crippen molar-refractivity contribution < 1.29 is 9.47 Å². The number of hydrogen-bond donors (Lipinski definition) is 2. The van der Waals surface area contributed by atoms with Gasteiger partial charge in [-0.1, -0.05) is 0 Å². The lowest BCUT2D eigenvalue weighted by Crippen LogP contribution is -2.32. The molecule has 0 bridgehead atoms. The standard InChI is InChI=1S/C26H38BrN5O2/c1-32(2)25-20-7-5-6-8-22(20)30-26(31-25)29-19-11-9-17(10-12-19)15-28-16-18-13-21(27)24(34-4)14-23(18)33-3/h13-14,17,19,28H,5-12,15-16H2,1-4H3,(H,29,30,31)/t17-,19+. The van der Waals surface area contributed by atoms with Crippen LogP contribution in [0.15, 0.2) is 16.6 Å². The van der Waals surface area contributed by atoms with Crippen molar-refractivity contribution in [3.8, 4) is 11.5 Å². The summed E-state index contributed by atoms with van der Waals surface area (Å²) in [5.74, 6) is 4.22. The maximum Gasteiger partial charge on any atom is 0.225 e. The summed E-state index contributed by atoms with van der Waals surface area (Å²) in [6.45, 7) is 1.79. The zero-order valence-corrected chi connectivity index (χ0v) is 22.5. The summed E-state index contributed by atoms with van der Waals surface area (Å²) in [5.41, 5.74) is 3.72. The molecule has 1 aromatic heterocycles. The summed E-state index contributed by atoms with van der Waals surface area (Å²) < 4.78 is 11.9. The molecule has 0 radical (unpaired) electrons. The Labute approximate surface area is 212 Å². The predicted molar refractivity (Wildman–Crippen MR) is 141 cm³/mol. The lowest BCUT2D eigenvalue weighted by molar-refractivity contribution is 0.322. The van der Waals surface area contributed by atoms with Crippen LogP contribution in [0, 0.1) is 5.92 Å². The molecule has 1 aromatic carbocycles. The van der Waals surface area contributed by atoms with Crippen molar-refractivity contribution in [1.29, 1.82) is 0 Å². The first kappa shape index (κ1) is 25.0. The third-order valence-corrected chi connectivity index (χ3v) is 7.69. The van der Waals surface area contributed by atoms with E-state index < -0.39 is 0 Å². The van der Waals surface area contributed by atoms with Crippen molar-refractivity contribution >= 4 is 27.7 Å². The van der Waals surface area contributed by atoms with Crippen LogP contribution in [0.25, 0.3) is 0 Å². The average molecular weight is 533 g/mol. The Hall–Kier alpha value is -2.06. The highest BCUT2D eigenvalue weighted by molar-refractivity contribution is 9.10. The van der Waals surface area contributed by atoms with Gasteiger partial charge in [0.2, 0.25) is 5.95 Å². The van der Waals surface area contributed by atoms with Crippen LogP contribution >= 0.6 is 15.9 Å².